The molecule has 19 heavy (non-hydrogen) atoms. The summed E-state index contributed by atoms with van der Waals surface area (Å²) in [5, 5.41) is 1.25. The molecule has 3 nitrogen and oxygen atoms in total. The van der Waals surface area contributed by atoms with E-state index >= 15 is 0 Å². The van der Waals surface area contributed by atoms with Gasteiger partial charge in [0.15, 0.2) is 5.13 Å². The normalized spacial score (nSPS) is 35.7. The third-order valence-corrected chi connectivity index (χ3v) is 6.39. The largest absolute Gasteiger partial charge is 0.345 e. The fraction of sp³-hybridized carbons (Fsp3) is 0.800. The zero-order chi connectivity index (χ0) is 13.2. The summed E-state index contributed by atoms with van der Waals surface area (Å²) in [7, 11) is 0. The molecule has 3 aliphatic rings. The Morgan fingerprint density at radius 3 is 2.89 bits per heavy atom. The van der Waals surface area contributed by atoms with Crippen LogP contribution in [0.5, 0.6) is 0 Å². The maximum atomic E-state index is 6.36. The van der Waals surface area contributed by atoms with Crippen LogP contribution in [0, 0.1) is 11.3 Å². The van der Waals surface area contributed by atoms with Crippen LogP contribution >= 0.6 is 11.3 Å². The second kappa shape index (κ2) is 3.95. The smallest absolute Gasteiger partial charge is 0.186 e. The number of nitrogens with two attached hydrogens (primary N) is 1. The van der Waals surface area contributed by atoms with Crippen molar-refractivity contribution in [3.63, 3.8) is 0 Å². The van der Waals surface area contributed by atoms with Crippen molar-refractivity contribution in [1.82, 2.24) is 4.98 Å². The van der Waals surface area contributed by atoms with E-state index in [1.807, 2.05) is 11.3 Å². The predicted octanol–water partition coefficient (Wildman–Crippen LogP) is 3.10. The number of thiazole rings is 1. The Labute approximate surface area is 119 Å². The minimum absolute atomic E-state index is 0.199. The number of aromatic nitrogens is 1. The number of hydrogen-bond donors (Lipinski definition) is 1. The molecule has 1 saturated carbocycles. The lowest BCUT2D eigenvalue weighted by Gasteiger charge is -2.32. The average molecular weight is 277 g/mol. The lowest BCUT2D eigenvalue weighted by atomic mass is 9.77. The minimum Gasteiger partial charge on any atom is -0.345 e. The Morgan fingerprint density at radius 2 is 2.21 bits per heavy atom. The maximum absolute atomic E-state index is 6.36. The van der Waals surface area contributed by atoms with Gasteiger partial charge in [-0.05, 0) is 43.4 Å². The lowest BCUT2D eigenvalue weighted by Crippen LogP contribution is -2.31. The molecule has 0 radical (unpaired) electrons. The fourth-order valence-electron chi connectivity index (χ4n) is 4.26. The molecule has 4 heteroatoms. The number of nitrogens with zero attached hydrogens (tertiary/aromatic N) is 2. The van der Waals surface area contributed by atoms with Gasteiger partial charge >= 0.3 is 0 Å². The van der Waals surface area contributed by atoms with Crippen LogP contribution in [0.25, 0.3) is 0 Å². The molecule has 1 aromatic heterocycles. The second-order valence-corrected chi connectivity index (χ2v) is 8.45. The highest BCUT2D eigenvalue weighted by Crippen LogP contribution is 2.47. The highest BCUT2D eigenvalue weighted by Gasteiger charge is 2.40. The molecular weight excluding hydrogens is 254 g/mol. The molecule has 4 rings (SSSR count). The zero-order valence-electron chi connectivity index (χ0n) is 11.9. The first-order valence-electron chi connectivity index (χ1n) is 7.54. The van der Waals surface area contributed by atoms with E-state index in [1.165, 1.54) is 41.5 Å². The number of piperidine rings is 1. The maximum Gasteiger partial charge on any atom is 0.186 e. The van der Waals surface area contributed by atoms with Gasteiger partial charge in [-0.25, -0.2) is 4.98 Å². The summed E-state index contributed by atoms with van der Waals surface area (Å²) in [4.78, 5) is 8.89. The average Bonchev–Trinajstić information content (AvgIpc) is 2.98. The van der Waals surface area contributed by atoms with Gasteiger partial charge < -0.3 is 10.6 Å². The molecule has 3 unspecified atom stereocenters. The van der Waals surface area contributed by atoms with Gasteiger partial charge in [-0.15, -0.1) is 0 Å². The van der Waals surface area contributed by atoms with E-state index in [9.17, 15) is 0 Å². The van der Waals surface area contributed by atoms with Crippen molar-refractivity contribution in [3.8, 4) is 0 Å². The van der Waals surface area contributed by atoms with Crippen molar-refractivity contribution in [2.45, 2.75) is 58.0 Å². The standard InChI is InChI=1S/C15H23N3S/c1-15(2)6-11(16)13-12(7-15)17-14(19-13)18-8-9-3-4-10(18)5-9/h9-11H,3-8,16H2,1-2H3. The van der Waals surface area contributed by atoms with E-state index in [-0.39, 0.29) is 6.04 Å². The number of anilines is 1. The van der Waals surface area contributed by atoms with Gasteiger partial charge in [0.1, 0.15) is 0 Å². The number of fused-ring (bicyclic) bond motifs is 3. The molecule has 0 spiro atoms. The third-order valence-electron chi connectivity index (χ3n) is 5.13. The summed E-state index contributed by atoms with van der Waals surface area (Å²) in [6, 6.07) is 0.964. The van der Waals surface area contributed by atoms with Crippen LogP contribution in [0.2, 0.25) is 0 Å². The van der Waals surface area contributed by atoms with E-state index in [2.05, 4.69) is 18.7 Å². The molecule has 1 aliphatic heterocycles. The summed E-state index contributed by atoms with van der Waals surface area (Å²) >= 11 is 1.87. The second-order valence-electron chi connectivity index (χ2n) is 7.44. The summed E-state index contributed by atoms with van der Waals surface area (Å²) in [5.74, 6) is 0.927. The van der Waals surface area contributed by atoms with E-state index in [4.69, 9.17) is 10.7 Å². The zero-order valence-corrected chi connectivity index (χ0v) is 12.7. The Kier molecular flexibility index (Phi) is 2.53. The van der Waals surface area contributed by atoms with Gasteiger partial charge in [-0.2, -0.15) is 0 Å². The lowest BCUT2D eigenvalue weighted by molar-refractivity contribution is 0.282. The fourth-order valence-corrected chi connectivity index (χ4v) is 5.43. The molecule has 2 heterocycles. The molecule has 2 bridgehead atoms. The van der Waals surface area contributed by atoms with Gasteiger partial charge in [0, 0.05) is 23.5 Å². The van der Waals surface area contributed by atoms with E-state index in [1.54, 1.807) is 0 Å². The molecule has 0 aromatic carbocycles. The molecule has 1 aromatic rings. The Hall–Kier alpha value is -0.610. The topological polar surface area (TPSA) is 42.2 Å². The van der Waals surface area contributed by atoms with Crippen LogP contribution in [-0.4, -0.2) is 17.6 Å². The van der Waals surface area contributed by atoms with Crippen molar-refractivity contribution < 1.29 is 0 Å². The third kappa shape index (κ3) is 1.91. The SMILES string of the molecule is CC1(C)Cc2nc(N3CC4CCC3C4)sc2C(N)C1. The van der Waals surface area contributed by atoms with Gasteiger partial charge in [0.05, 0.1) is 5.69 Å². The van der Waals surface area contributed by atoms with Crippen molar-refractivity contribution in [2.24, 2.45) is 17.1 Å². The predicted molar refractivity (Wildman–Crippen MR) is 79.6 cm³/mol. The first-order chi connectivity index (χ1) is 9.02. The van der Waals surface area contributed by atoms with Gasteiger partial charge in [0.2, 0.25) is 0 Å². The summed E-state index contributed by atoms with van der Waals surface area (Å²) in [6.07, 6.45) is 6.37. The molecule has 104 valence electrons. The monoisotopic (exact) mass is 277 g/mol. The van der Waals surface area contributed by atoms with Crippen LogP contribution in [0.3, 0.4) is 0 Å². The Morgan fingerprint density at radius 1 is 1.37 bits per heavy atom. The van der Waals surface area contributed by atoms with Crippen LogP contribution in [0.1, 0.15) is 56.1 Å². The van der Waals surface area contributed by atoms with Crippen molar-refractivity contribution in [3.05, 3.63) is 10.6 Å². The summed E-state index contributed by atoms with van der Waals surface area (Å²) < 4.78 is 0. The molecular formula is C15H23N3S. The van der Waals surface area contributed by atoms with E-state index in [0.717, 1.165) is 24.8 Å². The van der Waals surface area contributed by atoms with Gasteiger partial charge in [0.25, 0.3) is 0 Å². The highest BCUT2D eigenvalue weighted by atomic mass is 32.1. The summed E-state index contributed by atoms with van der Waals surface area (Å²) in [6.45, 7) is 5.86. The van der Waals surface area contributed by atoms with Crippen molar-refractivity contribution in [2.75, 3.05) is 11.4 Å². The van der Waals surface area contributed by atoms with Crippen molar-refractivity contribution in [1.29, 1.82) is 0 Å². The van der Waals surface area contributed by atoms with Gasteiger partial charge in [-0.3, -0.25) is 0 Å². The Bertz CT molecular complexity index is 507. The van der Waals surface area contributed by atoms with Crippen LogP contribution in [0.4, 0.5) is 5.13 Å². The Balaban J connectivity index is 1.66. The summed E-state index contributed by atoms with van der Waals surface area (Å²) in [5.41, 5.74) is 7.95. The highest BCUT2D eigenvalue weighted by molar-refractivity contribution is 7.15. The molecule has 0 amide bonds. The van der Waals surface area contributed by atoms with Crippen molar-refractivity contribution >= 4 is 16.5 Å². The first kappa shape index (κ1) is 12.2. The number of hydrogen-bond acceptors (Lipinski definition) is 4. The van der Waals surface area contributed by atoms with Crippen LogP contribution in [-0.2, 0) is 6.42 Å². The van der Waals surface area contributed by atoms with E-state index < -0.39 is 0 Å². The molecule has 2 aliphatic carbocycles. The number of rotatable bonds is 1. The van der Waals surface area contributed by atoms with E-state index in [0.29, 0.717) is 5.41 Å². The molecule has 1 saturated heterocycles. The molecule has 3 atom stereocenters. The van der Waals surface area contributed by atoms with Crippen LogP contribution < -0.4 is 10.6 Å². The van der Waals surface area contributed by atoms with Crippen LogP contribution in [0.15, 0.2) is 0 Å². The molecule has 2 fully saturated rings. The molecule has 2 N–H and O–H groups in total. The quantitative estimate of drug-likeness (QED) is 0.857. The first-order valence-corrected chi connectivity index (χ1v) is 8.35. The van der Waals surface area contributed by atoms with Gasteiger partial charge in [-0.1, -0.05) is 25.2 Å². The minimum atomic E-state index is 0.199.